The maximum absolute atomic E-state index is 10.9. The Morgan fingerprint density at radius 3 is 3.00 bits per heavy atom. The topological polar surface area (TPSA) is 77.5 Å². The molecule has 6 heteroatoms. The lowest BCUT2D eigenvalue weighted by molar-refractivity contribution is -0.124. The van der Waals surface area contributed by atoms with Crippen LogP contribution in [0.5, 0.6) is 0 Å². The van der Waals surface area contributed by atoms with Crippen molar-refractivity contribution in [3.8, 4) is 0 Å². The zero-order valence-corrected chi connectivity index (χ0v) is 13.1. The molecule has 0 aromatic carbocycles. The Balaban J connectivity index is 1.84. The lowest BCUT2D eigenvalue weighted by Crippen LogP contribution is -2.29. The summed E-state index contributed by atoms with van der Waals surface area (Å²) in [6.45, 7) is 7.81. The van der Waals surface area contributed by atoms with Crippen LogP contribution in [0.25, 0.3) is 6.08 Å². The summed E-state index contributed by atoms with van der Waals surface area (Å²) in [4.78, 5) is 17.7. The van der Waals surface area contributed by atoms with Crippen molar-refractivity contribution in [2.45, 2.75) is 26.3 Å². The summed E-state index contributed by atoms with van der Waals surface area (Å²) < 4.78 is 0. The second-order valence-corrected chi connectivity index (χ2v) is 6.07. The van der Waals surface area contributed by atoms with Gasteiger partial charge in [-0.05, 0) is 36.1 Å². The van der Waals surface area contributed by atoms with Crippen LogP contribution >= 0.6 is 0 Å². The summed E-state index contributed by atoms with van der Waals surface area (Å²) in [7, 11) is 0. The molecule has 2 rings (SSSR count). The average Bonchev–Trinajstić information content (AvgIpc) is 2.92. The molecule has 3 N–H and O–H groups in total. The highest BCUT2D eigenvalue weighted by Gasteiger charge is 2.22. The fourth-order valence-electron chi connectivity index (χ4n) is 2.64. The molecule has 0 bridgehead atoms. The maximum atomic E-state index is 10.9. The molecule has 0 spiro atoms. The van der Waals surface area contributed by atoms with Gasteiger partial charge in [0, 0.05) is 37.9 Å². The van der Waals surface area contributed by atoms with Gasteiger partial charge in [0.05, 0.1) is 0 Å². The molecule has 1 fully saturated rings. The molecule has 6 nitrogen and oxygen atoms in total. The van der Waals surface area contributed by atoms with Gasteiger partial charge in [-0.3, -0.25) is 10.0 Å². The highest BCUT2D eigenvalue weighted by atomic mass is 16.5. The number of carbonyl (C=O) groups excluding carboxylic acids is 1. The molecule has 1 aliphatic rings. The third kappa shape index (κ3) is 5.13. The van der Waals surface area contributed by atoms with Gasteiger partial charge in [0.1, 0.15) is 5.82 Å². The zero-order chi connectivity index (χ0) is 15.9. The molecule has 0 saturated carbocycles. The fraction of sp³-hybridized carbons (Fsp3) is 0.500. The van der Waals surface area contributed by atoms with Crippen LogP contribution in [-0.4, -0.2) is 46.7 Å². The number of aromatic nitrogens is 1. The van der Waals surface area contributed by atoms with Gasteiger partial charge in [0.25, 0.3) is 5.91 Å². The molecule has 2 heterocycles. The normalized spacial score (nSPS) is 19.0. The first-order valence-electron chi connectivity index (χ1n) is 7.64. The SMILES string of the molecule is CC(C)CN1CC[C@@H](Nc2ccc(/C=C/C(=O)NO)cn2)C1. The largest absolute Gasteiger partial charge is 0.366 e. The van der Waals surface area contributed by atoms with Crippen molar-refractivity contribution in [3.63, 3.8) is 0 Å². The lowest BCUT2D eigenvalue weighted by Gasteiger charge is -2.18. The number of nitrogens with zero attached hydrogens (tertiary/aromatic N) is 2. The summed E-state index contributed by atoms with van der Waals surface area (Å²) in [5.41, 5.74) is 2.36. The summed E-state index contributed by atoms with van der Waals surface area (Å²) in [6.07, 6.45) is 5.68. The first kappa shape index (κ1) is 16.5. The molecule has 1 amide bonds. The Kier molecular flexibility index (Phi) is 5.91. The number of hydrogen-bond donors (Lipinski definition) is 3. The van der Waals surface area contributed by atoms with Crippen LogP contribution in [0.1, 0.15) is 25.8 Å². The van der Waals surface area contributed by atoms with E-state index >= 15 is 0 Å². The summed E-state index contributed by atoms with van der Waals surface area (Å²) in [5.74, 6) is 0.984. The molecule has 0 radical (unpaired) electrons. The first-order chi connectivity index (χ1) is 10.6. The smallest absolute Gasteiger partial charge is 0.267 e. The van der Waals surface area contributed by atoms with E-state index in [-0.39, 0.29) is 0 Å². The van der Waals surface area contributed by atoms with Gasteiger partial charge in [-0.1, -0.05) is 13.8 Å². The van der Waals surface area contributed by atoms with Crippen molar-refractivity contribution in [2.75, 3.05) is 25.0 Å². The zero-order valence-electron chi connectivity index (χ0n) is 13.1. The summed E-state index contributed by atoms with van der Waals surface area (Å²) in [6, 6.07) is 4.23. The van der Waals surface area contributed by atoms with Crippen molar-refractivity contribution in [3.05, 3.63) is 30.0 Å². The minimum atomic E-state index is -0.557. The van der Waals surface area contributed by atoms with E-state index in [1.165, 1.54) is 6.08 Å². The minimum absolute atomic E-state index is 0.438. The molecule has 1 saturated heterocycles. The lowest BCUT2D eigenvalue weighted by atomic mass is 10.2. The molecular formula is C16H24N4O2. The van der Waals surface area contributed by atoms with E-state index in [1.54, 1.807) is 17.8 Å². The van der Waals surface area contributed by atoms with Crippen molar-refractivity contribution in [1.29, 1.82) is 0 Å². The predicted molar refractivity (Wildman–Crippen MR) is 86.5 cm³/mol. The first-order valence-corrected chi connectivity index (χ1v) is 7.64. The number of likely N-dealkylation sites (tertiary alicyclic amines) is 1. The Hall–Kier alpha value is -1.92. The molecule has 120 valence electrons. The highest BCUT2D eigenvalue weighted by molar-refractivity contribution is 5.90. The number of nitrogens with one attached hydrogen (secondary N) is 2. The molecule has 22 heavy (non-hydrogen) atoms. The number of hydrogen-bond acceptors (Lipinski definition) is 5. The highest BCUT2D eigenvalue weighted by Crippen LogP contribution is 2.16. The second kappa shape index (κ2) is 7.91. The van der Waals surface area contributed by atoms with Crippen LogP contribution in [0.3, 0.4) is 0 Å². The molecule has 1 aromatic rings. The Bertz CT molecular complexity index is 513. The third-order valence-electron chi connectivity index (χ3n) is 3.57. The van der Waals surface area contributed by atoms with E-state index in [4.69, 9.17) is 5.21 Å². The van der Waals surface area contributed by atoms with Gasteiger partial charge >= 0.3 is 0 Å². The average molecular weight is 304 g/mol. The van der Waals surface area contributed by atoms with Gasteiger partial charge in [0.15, 0.2) is 0 Å². The van der Waals surface area contributed by atoms with E-state index < -0.39 is 5.91 Å². The predicted octanol–water partition coefficient (Wildman–Crippen LogP) is 1.74. The number of pyridine rings is 1. The van der Waals surface area contributed by atoms with E-state index in [0.29, 0.717) is 12.0 Å². The van der Waals surface area contributed by atoms with E-state index in [9.17, 15) is 4.79 Å². The molecule has 0 aliphatic carbocycles. The Morgan fingerprint density at radius 2 is 2.36 bits per heavy atom. The number of hydroxylamine groups is 1. The molecule has 0 unspecified atom stereocenters. The van der Waals surface area contributed by atoms with Gasteiger partial charge < -0.3 is 10.2 Å². The Labute approximate surface area is 131 Å². The van der Waals surface area contributed by atoms with Crippen LogP contribution in [0, 0.1) is 5.92 Å². The van der Waals surface area contributed by atoms with Crippen molar-refractivity contribution in [2.24, 2.45) is 5.92 Å². The van der Waals surface area contributed by atoms with E-state index in [2.05, 4.69) is 29.0 Å². The number of anilines is 1. The number of rotatable bonds is 6. The van der Waals surface area contributed by atoms with Crippen molar-refractivity contribution in [1.82, 2.24) is 15.4 Å². The minimum Gasteiger partial charge on any atom is -0.366 e. The maximum Gasteiger partial charge on any atom is 0.267 e. The van der Waals surface area contributed by atoms with Gasteiger partial charge in [0.2, 0.25) is 0 Å². The Morgan fingerprint density at radius 1 is 1.55 bits per heavy atom. The molecule has 1 atom stereocenters. The molecular weight excluding hydrogens is 280 g/mol. The molecule has 1 aliphatic heterocycles. The monoisotopic (exact) mass is 304 g/mol. The van der Waals surface area contributed by atoms with Gasteiger partial charge in [-0.2, -0.15) is 0 Å². The summed E-state index contributed by atoms with van der Waals surface area (Å²) >= 11 is 0. The fourth-order valence-corrected chi connectivity index (χ4v) is 2.64. The quantitative estimate of drug-likeness (QED) is 0.424. The van der Waals surface area contributed by atoms with Gasteiger partial charge in [-0.15, -0.1) is 0 Å². The van der Waals surface area contributed by atoms with E-state index in [1.807, 2.05) is 12.1 Å². The second-order valence-electron chi connectivity index (χ2n) is 6.07. The van der Waals surface area contributed by atoms with Crippen LogP contribution in [0.4, 0.5) is 5.82 Å². The van der Waals surface area contributed by atoms with Crippen LogP contribution in [0.2, 0.25) is 0 Å². The van der Waals surface area contributed by atoms with Gasteiger partial charge in [-0.25, -0.2) is 10.5 Å². The van der Waals surface area contributed by atoms with E-state index in [0.717, 1.165) is 37.4 Å². The molecule has 1 aromatic heterocycles. The standard InChI is InChI=1S/C16H24N4O2/c1-12(2)10-20-8-7-14(11-20)18-15-5-3-13(9-17-15)4-6-16(21)19-22/h3-6,9,12,14,22H,7-8,10-11H2,1-2H3,(H,17,18)(H,19,21)/b6-4+/t14-/m1/s1. The number of amides is 1. The van der Waals surface area contributed by atoms with Crippen LogP contribution < -0.4 is 10.8 Å². The van der Waals surface area contributed by atoms with Crippen LogP contribution in [-0.2, 0) is 4.79 Å². The van der Waals surface area contributed by atoms with Crippen LogP contribution in [0.15, 0.2) is 24.4 Å². The third-order valence-corrected chi connectivity index (χ3v) is 3.57. The van der Waals surface area contributed by atoms with Crippen molar-refractivity contribution >= 4 is 17.8 Å². The summed E-state index contributed by atoms with van der Waals surface area (Å²) in [5, 5.41) is 11.9. The number of carbonyl (C=O) groups is 1. The van der Waals surface area contributed by atoms with Crippen molar-refractivity contribution < 1.29 is 10.0 Å².